The molecule has 4 N–H and O–H groups in total. The van der Waals surface area contributed by atoms with Gasteiger partial charge in [-0.05, 0) is 88.8 Å². The van der Waals surface area contributed by atoms with Gasteiger partial charge in [0.15, 0.2) is 0 Å². The molecular weight excluding hydrogens is 572 g/mol. The normalized spacial score (nSPS) is 16.4. The van der Waals surface area contributed by atoms with E-state index >= 15 is 0 Å². The first-order chi connectivity index (χ1) is 21.6. The first-order valence-electron chi connectivity index (χ1n) is 15.6. The highest BCUT2D eigenvalue weighted by Crippen LogP contribution is 2.44. The van der Waals surface area contributed by atoms with Crippen molar-refractivity contribution < 1.29 is 19.1 Å². The number of ether oxygens (including phenoxy) is 2. The maximum absolute atomic E-state index is 12.3. The minimum absolute atomic E-state index is 0.0925. The standard InChI is InChI=1S/C33H44N8O4/c1-32(2,3)45-31(43)36-15-6-14-35-30-37-21-24(22-38-30)23-9-16-34-28(19-23)40-27-8-5-7-26(20-27)39-25-10-17-41(18-11-25)33(12-13-33)29(42)44-4/h5,7-9,16,19-22,25,39H,6,10-15,17-18H2,1-4H3,(H,34,40)(H,36,43)(H,35,37,38). The Bertz CT molecular complexity index is 1450. The highest BCUT2D eigenvalue weighted by atomic mass is 16.6. The van der Waals surface area contributed by atoms with Crippen LogP contribution in [0.1, 0.15) is 52.9 Å². The molecule has 12 heteroatoms. The van der Waals surface area contributed by atoms with Gasteiger partial charge in [-0.2, -0.15) is 0 Å². The van der Waals surface area contributed by atoms with Crippen molar-refractivity contribution >= 4 is 35.2 Å². The monoisotopic (exact) mass is 616 g/mol. The largest absolute Gasteiger partial charge is 0.468 e. The Kier molecular flexibility index (Phi) is 10.0. The van der Waals surface area contributed by atoms with Crippen molar-refractivity contribution in [1.82, 2.24) is 25.2 Å². The van der Waals surface area contributed by atoms with Gasteiger partial charge in [0.25, 0.3) is 0 Å². The molecule has 2 fully saturated rings. The molecule has 0 bridgehead atoms. The summed E-state index contributed by atoms with van der Waals surface area (Å²) in [6, 6.07) is 12.4. The minimum Gasteiger partial charge on any atom is -0.468 e. The quantitative estimate of drug-likeness (QED) is 0.158. The fourth-order valence-corrected chi connectivity index (χ4v) is 5.52. The highest BCUT2D eigenvalue weighted by Gasteiger charge is 2.56. The summed E-state index contributed by atoms with van der Waals surface area (Å²) in [6.45, 7) is 8.37. The number of carbonyl (C=O) groups excluding carboxylic acids is 2. The van der Waals surface area contributed by atoms with Crippen LogP contribution in [0.25, 0.3) is 11.1 Å². The first kappa shape index (κ1) is 32.0. The lowest BCUT2D eigenvalue weighted by Gasteiger charge is -2.37. The molecule has 0 unspecified atom stereocenters. The smallest absolute Gasteiger partial charge is 0.407 e. The van der Waals surface area contributed by atoms with Crippen LogP contribution in [-0.4, -0.2) is 82.4 Å². The zero-order valence-corrected chi connectivity index (χ0v) is 26.6. The second-order valence-electron chi connectivity index (χ2n) is 12.6. The molecule has 1 saturated carbocycles. The molecule has 0 radical (unpaired) electrons. The van der Waals surface area contributed by atoms with E-state index in [0.29, 0.717) is 31.5 Å². The lowest BCUT2D eigenvalue weighted by atomic mass is 10.0. The molecule has 3 aromatic rings. The number of esters is 1. The molecule has 0 atom stereocenters. The highest BCUT2D eigenvalue weighted by molar-refractivity contribution is 5.84. The third-order valence-electron chi connectivity index (χ3n) is 7.95. The number of piperidine rings is 1. The van der Waals surface area contributed by atoms with Crippen molar-refractivity contribution in [2.24, 2.45) is 0 Å². The molecule has 1 aliphatic heterocycles. The van der Waals surface area contributed by atoms with Crippen LogP contribution < -0.4 is 21.3 Å². The zero-order valence-electron chi connectivity index (χ0n) is 26.6. The molecule has 1 aliphatic carbocycles. The molecular formula is C33H44N8O4. The number of amides is 1. The van der Waals surface area contributed by atoms with Crippen LogP contribution in [-0.2, 0) is 14.3 Å². The number of nitrogens with one attached hydrogen (secondary N) is 4. The second kappa shape index (κ2) is 14.1. The second-order valence-corrected chi connectivity index (χ2v) is 12.6. The molecule has 45 heavy (non-hydrogen) atoms. The zero-order chi connectivity index (χ0) is 31.9. The van der Waals surface area contributed by atoms with Crippen LogP contribution in [0, 0.1) is 0 Å². The Hall–Kier alpha value is -4.45. The number of carbonyl (C=O) groups is 2. The number of alkyl carbamates (subject to hydrolysis) is 1. The van der Waals surface area contributed by atoms with E-state index in [4.69, 9.17) is 9.47 Å². The molecule has 5 rings (SSSR count). The fraction of sp³-hybridized carbons (Fsp3) is 0.485. The van der Waals surface area contributed by atoms with Crippen molar-refractivity contribution in [3.05, 3.63) is 55.0 Å². The maximum Gasteiger partial charge on any atom is 0.407 e. The summed E-state index contributed by atoms with van der Waals surface area (Å²) in [6.07, 6.45) is 9.34. The molecule has 240 valence electrons. The van der Waals surface area contributed by atoms with Gasteiger partial charge in [-0.3, -0.25) is 9.69 Å². The number of benzene rings is 1. The number of anilines is 4. The van der Waals surface area contributed by atoms with Crippen LogP contribution in [0.4, 0.5) is 27.9 Å². The van der Waals surface area contributed by atoms with Gasteiger partial charge in [-0.15, -0.1) is 0 Å². The molecule has 1 amide bonds. The van der Waals surface area contributed by atoms with E-state index in [9.17, 15) is 9.59 Å². The van der Waals surface area contributed by atoms with Gasteiger partial charge in [-0.25, -0.2) is 19.7 Å². The number of rotatable bonds is 12. The average molecular weight is 617 g/mol. The Morgan fingerprint density at radius 2 is 1.71 bits per heavy atom. The van der Waals surface area contributed by atoms with Crippen LogP contribution in [0.5, 0.6) is 0 Å². The van der Waals surface area contributed by atoms with Crippen molar-refractivity contribution in [3.8, 4) is 11.1 Å². The Labute approximate surface area is 264 Å². The van der Waals surface area contributed by atoms with Gasteiger partial charge in [0.05, 0.1) is 7.11 Å². The Morgan fingerprint density at radius 1 is 0.978 bits per heavy atom. The molecule has 2 aromatic heterocycles. The topological polar surface area (TPSA) is 143 Å². The van der Waals surface area contributed by atoms with E-state index in [2.05, 4.69) is 53.3 Å². The van der Waals surface area contributed by atoms with E-state index in [1.807, 2.05) is 45.0 Å². The molecule has 3 heterocycles. The van der Waals surface area contributed by atoms with E-state index in [0.717, 1.165) is 67.1 Å². The lowest BCUT2D eigenvalue weighted by molar-refractivity contribution is -0.149. The van der Waals surface area contributed by atoms with E-state index < -0.39 is 11.7 Å². The lowest BCUT2D eigenvalue weighted by Crippen LogP contribution is -2.50. The van der Waals surface area contributed by atoms with Gasteiger partial charge in [0.1, 0.15) is 17.0 Å². The van der Waals surface area contributed by atoms with Crippen molar-refractivity contribution in [2.75, 3.05) is 49.2 Å². The summed E-state index contributed by atoms with van der Waals surface area (Å²) < 4.78 is 10.3. The predicted octanol–water partition coefficient (Wildman–Crippen LogP) is 5.19. The molecule has 1 aromatic carbocycles. The van der Waals surface area contributed by atoms with E-state index in [1.54, 1.807) is 18.6 Å². The number of methoxy groups -OCH3 is 1. The first-order valence-corrected chi connectivity index (χ1v) is 15.6. The van der Waals surface area contributed by atoms with Crippen LogP contribution in [0.3, 0.4) is 0 Å². The van der Waals surface area contributed by atoms with Crippen molar-refractivity contribution in [1.29, 1.82) is 0 Å². The third kappa shape index (κ3) is 8.81. The van der Waals surface area contributed by atoms with Crippen LogP contribution in [0.15, 0.2) is 55.0 Å². The van der Waals surface area contributed by atoms with Gasteiger partial charge in [0.2, 0.25) is 5.95 Å². The maximum atomic E-state index is 12.3. The molecule has 0 spiro atoms. The minimum atomic E-state index is -0.514. The SMILES string of the molecule is COC(=O)C1(N2CCC(Nc3cccc(Nc4cc(-c5cnc(NCCCNC(=O)OC(C)(C)C)nc5)ccn4)c3)CC2)CC1. The summed E-state index contributed by atoms with van der Waals surface area (Å²) >= 11 is 0. The predicted molar refractivity (Wildman–Crippen MR) is 175 cm³/mol. The molecule has 1 saturated heterocycles. The van der Waals surface area contributed by atoms with E-state index in [-0.39, 0.29) is 11.5 Å². The van der Waals surface area contributed by atoms with Gasteiger partial charge in [-0.1, -0.05) is 6.07 Å². The summed E-state index contributed by atoms with van der Waals surface area (Å²) in [5.41, 5.74) is 2.91. The number of hydrogen-bond acceptors (Lipinski definition) is 11. The van der Waals surface area contributed by atoms with Crippen molar-refractivity contribution in [2.45, 2.75) is 70.1 Å². The number of aromatic nitrogens is 3. The average Bonchev–Trinajstić information content (AvgIpc) is 3.83. The fourth-order valence-electron chi connectivity index (χ4n) is 5.52. The number of pyridine rings is 1. The number of hydrogen-bond donors (Lipinski definition) is 4. The number of likely N-dealkylation sites (tertiary alicyclic amines) is 1. The summed E-state index contributed by atoms with van der Waals surface area (Å²) in [7, 11) is 1.48. The van der Waals surface area contributed by atoms with Gasteiger partial charge in [0, 0.05) is 67.7 Å². The van der Waals surface area contributed by atoms with Gasteiger partial charge >= 0.3 is 12.1 Å². The van der Waals surface area contributed by atoms with Crippen molar-refractivity contribution in [3.63, 3.8) is 0 Å². The third-order valence-corrected chi connectivity index (χ3v) is 7.95. The molecule has 2 aliphatic rings. The summed E-state index contributed by atoms with van der Waals surface area (Å²) in [5.74, 6) is 1.15. The van der Waals surface area contributed by atoms with Crippen LogP contribution in [0.2, 0.25) is 0 Å². The Balaban J connectivity index is 1.09. The summed E-state index contributed by atoms with van der Waals surface area (Å²) in [5, 5.41) is 13.0. The van der Waals surface area contributed by atoms with Gasteiger partial charge < -0.3 is 30.7 Å². The molecule has 12 nitrogen and oxygen atoms in total. The summed E-state index contributed by atoms with van der Waals surface area (Å²) in [4.78, 5) is 39.7. The number of nitrogens with zero attached hydrogens (tertiary/aromatic N) is 4. The Morgan fingerprint density at radius 3 is 2.40 bits per heavy atom. The van der Waals surface area contributed by atoms with E-state index in [1.165, 1.54) is 7.11 Å². The van der Waals surface area contributed by atoms with Crippen LogP contribution >= 0.6 is 0 Å².